The summed E-state index contributed by atoms with van der Waals surface area (Å²) in [7, 11) is 0. The number of nitrogens with one attached hydrogen (secondary N) is 2. The minimum atomic E-state index is 0.00331. The molecule has 0 aliphatic heterocycles. The molecule has 1 fully saturated rings. The van der Waals surface area contributed by atoms with Gasteiger partial charge in [0.25, 0.3) is 5.91 Å². The lowest BCUT2D eigenvalue weighted by Crippen LogP contribution is -2.29. The first-order valence-corrected chi connectivity index (χ1v) is 6.47. The van der Waals surface area contributed by atoms with E-state index in [2.05, 4.69) is 17.7 Å². The molecule has 2 rings (SSSR count). The quantitative estimate of drug-likeness (QED) is 0.551. The van der Waals surface area contributed by atoms with Crippen LogP contribution in [0.1, 0.15) is 35.7 Å². The fourth-order valence-corrected chi connectivity index (χ4v) is 2.19. The van der Waals surface area contributed by atoms with E-state index in [0.717, 1.165) is 29.3 Å². The van der Waals surface area contributed by atoms with E-state index in [-0.39, 0.29) is 5.91 Å². The van der Waals surface area contributed by atoms with Crippen LogP contribution in [0.3, 0.4) is 0 Å². The number of anilines is 1. The first-order chi connectivity index (χ1) is 8.61. The van der Waals surface area contributed by atoms with E-state index in [1.807, 2.05) is 25.1 Å². The van der Waals surface area contributed by atoms with Crippen molar-refractivity contribution in [1.82, 2.24) is 5.32 Å². The molecular weight excluding hydrogens is 226 g/mol. The molecule has 98 valence electrons. The highest BCUT2D eigenvalue weighted by Crippen LogP contribution is 2.36. The molecular formula is C14H21N3O. The molecule has 0 heterocycles. The van der Waals surface area contributed by atoms with Gasteiger partial charge in [0, 0.05) is 17.8 Å². The van der Waals surface area contributed by atoms with E-state index in [1.165, 1.54) is 12.8 Å². The van der Waals surface area contributed by atoms with Gasteiger partial charge in [0.1, 0.15) is 0 Å². The monoisotopic (exact) mass is 247 g/mol. The Morgan fingerprint density at radius 1 is 1.50 bits per heavy atom. The molecule has 0 spiro atoms. The number of hydrogen-bond acceptors (Lipinski definition) is 3. The van der Waals surface area contributed by atoms with Gasteiger partial charge in [0.15, 0.2) is 0 Å². The molecule has 1 unspecified atom stereocenters. The normalized spacial score (nSPS) is 16.2. The maximum Gasteiger partial charge on any atom is 0.251 e. The Balaban J connectivity index is 1.95. The lowest BCUT2D eigenvalue weighted by molar-refractivity contribution is 0.0946. The molecule has 1 amide bonds. The van der Waals surface area contributed by atoms with Crippen molar-refractivity contribution in [2.75, 3.05) is 12.0 Å². The van der Waals surface area contributed by atoms with Gasteiger partial charge >= 0.3 is 0 Å². The smallest absolute Gasteiger partial charge is 0.251 e. The highest BCUT2D eigenvalue weighted by atomic mass is 16.1. The number of hydrogen-bond donors (Lipinski definition) is 3. The minimum absolute atomic E-state index is 0.00331. The third-order valence-electron chi connectivity index (χ3n) is 3.65. The summed E-state index contributed by atoms with van der Waals surface area (Å²) in [5, 5.41) is 3.01. The van der Waals surface area contributed by atoms with Gasteiger partial charge in [-0.05, 0) is 55.4 Å². The van der Waals surface area contributed by atoms with Crippen molar-refractivity contribution in [1.29, 1.82) is 0 Å². The molecule has 1 aromatic rings. The molecule has 0 bridgehead atoms. The summed E-state index contributed by atoms with van der Waals surface area (Å²) < 4.78 is 0. The first-order valence-electron chi connectivity index (χ1n) is 6.47. The average molecular weight is 247 g/mol. The summed E-state index contributed by atoms with van der Waals surface area (Å²) in [5.74, 6) is 6.73. The summed E-state index contributed by atoms with van der Waals surface area (Å²) in [5.41, 5.74) is 5.04. The van der Waals surface area contributed by atoms with Gasteiger partial charge in [-0.2, -0.15) is 0 Å². The minimum Gasteiger partial charge on any atom is -0.352 e. The summed E-state index contributed by atoms with van der Waals surface area (Å²) in [6.45, 7) is 4.88. The maximum absolute atomic E-state index is 12.0. The number of carbonyl (C=O) groups excluding carboxylic acids is 1. The molecule has 4 N–H and O–H groups in total. The van der Waals surface area contributed by atoms with Crippen molar-refractivity contribution < 1.29 is 4.79 Å². The second-order valence-corrected chi connectivity index (χ2v) is 5.20. The lowest BCUT2D eigenvalue weighted by Gasteiger charge is -2.13. The van der Waals surface area contributed by atoms with Crippen LogP contribution in [0.25, 0.3) is 0 Å². The Kier molecular flexibility index (Phi) is 3.87. The predicted molar refractivity (Wildman–Crippen MR) is 73.2 cm³/mol. The molecule has 1 aliphatic rings. The van der Waals surface area contributed by atoms with E-state index < -0.39 is 0 Å². The standard InChI is InChI=1S/C14H21N3O/c1-9-7-12(17-15)5-6-13(9)14(18)16-8-10(2)11-3-4-11/h5-7,10-11,17H,3-4,8,15H2,1-2H3,(H,16,18). The number of nitrogen functional groups attached to an aromatic ring is 1. The molecule has 18 heavy (non-hydrogen) atoms. The van der Waals surface area contributed by atoms with Crippen molar-refractivity contribution in [3.05, 3.63) is 29.3 Å². The average Bonchev–Trinajstić information content (AvgIpc) is 3.19. The largest absolute Gasteiger partial charge is 0.352 e. The van der Waals surface area contributed by atoms with Gasteiger partial charge in [0.05, 0.1) is 0 Å². The number of amides is 1. The first kappa shape index (κ1) is 12.9. The molecule has 1 aromatic carbocycles. The Bertz CT molecular complexity index is 441. The molecule has 0 radical (unpaired) electrons. The predicted octanol–water partition coefficient (Wildman–Crippen LogP) is 2.06. The lowest BCUT2D eigenvalue weighted by atomic mass is 10.0. The van der Waals surface area contributed by atoms with Crippen molar-refractivity contribution in [2.24, 2.45) is 17.7 Å². The molecule has 4 nitrogen and oxygen atoms in total. The van der Waals surface area contributed by atoms with E-state index in [1.54, 1.807) is 0 Å². The van der Waals surface area contributed by atoms with Crippen LogP contribution in [-0.4, -0.2) is 12.5 Å². The molecule has 0 saturated heterocycles. The van der Waals surface area contributed by atoms with Crippen LogP contribution in [0, 0.1) is 18.8 Å². The molecule has 1 atom stereocenters. The molecule has 1 saturated carbocycles. The van der Waals surface area contributed by atoms with Crippen LogP contribution in [0.15, 0.2) is 18.2 Å². The van der Waals surface area contributed by atoms with Crippen LogP contribution in [-0.2, 0) is 0 Å². The fourth-order valence-electron chi connectivity index (χ4n) is 2.19. The SMILES string of the molecule is Cc1cc(NN)ccc1C(=O)NCC(C)C1CC1. The van der Waals surface area contributed by atoms with Crippen LogP contribution >= 0.6 is 0 Å². The summed E-state index contributed by atoms with van der Waals surface area (Å²) >= 11 is 0. The number of benzene rings is 1. The number of nitrogens with two attached hydrogens (primary N) is 1. The Labute approximate surface area is 108 Å². The summed E-state index contributed by atoms with van der Waals surface area (Å²) in [6.07, 6.45) is 2.62. The highest BCUT2D eigenvalue weighted by Gasteiger charge is 2.27. The van der Waals surface area contributed by atoms with Crippen molar-refractivity contribution in [3.63, 3.8) is 0 Å². The third kappa shape index (κ3) is 3.01. The Morgan fingerprint density at radius 3 is 2.78 bits per heavy atom. The molecule has 1 aliphatic carbocycles. The van der Waals surface area contributed by atoms with E-state index in [4.69, 9.17) is 5.84 Å². The molecule has 0 aromatic heterocycles. The van der Waals surface area contributed by atoms with Gasteiger partial charge in [-0.15, -0.1) is 0 Å². The number of hydrazine groups is 1. The zero-order valence-electron chi connectivity index (χ0n) is 11.0. The highest BCUT2D eigenvalue weighted by molar-refractivity contribution is 5.96. The van der Waals surface area contributed by atoms with E-state index in [9.17, 15) is 4.79 Å². The van der Waals surface area contributed by atoms with Gasteiger partial charge in [-0.3, -0.25) is 10.6 Å². The van der Waals surface area contributed by atoms with Crippen LogP contribution in [0.2, 0.25) is 0 Å². The number of rotatable bonds is 5. The maximum atomic E-state index is 12.0. The third-order valence-corrected chi connectivity index (χ3v) is 3.65. The van der Waals surface area contributed by atoms with Crippen molar-refractivity contribution in [3.8, 4) is 0 Å². The summed E-state index contributed by atoms with van der Waals surface area (Å²) in [6, 6.07) is 5.49. The van der Waals surface area contributed by atoms with Gasteiger partial charge < -0.3 is 10.7 Å². The Hall–Kier alpha value is -1.55. The number of carbonyl (C=O) groups is 1. The van der Waals surface area contributed by atoms with Crippen LogP contribution < -0.4 is 16.6 Å². The van der Waals surface area contributed by atoms with Crippen LogP contribution in [0.4, 0.5) is 5.69 Å². The number of aryl methyl sites for hydroxylation is 1. The second kappa shape index (κ2) is 5.40. The van der Waals surface area contributed by atoms with E-state index in [0.29, 0.717) is 5.92 Å². The zero-order chi connectivity index (χ0) is 13.1. The van der Waals surface area contributed by atoms with Gasteiger partial charge in [0.2, 0.25) is 0 Å². The Morgan fingerprint density at radius 2 is 2.22 bits per heavy atom. The van der Waals surface area contributed by atoms with Gasteiger partial charge in [-0.25, -0.2) is 0 Å². The molecule has 4 heteroatoms. The van der Waals surface area contributed by atoms with Crippen molar-refractivity contribution >= 4 is 11.6 Å². The zero-order valence-corrected chi connectivity index (χ0v) is 11.0. The van der Waals surface area contributed by atoms with Gasteiger partial charge in [-0.1, -0.05) is 6.92 Å². The topological polar surface area (TPSA) is 67.1 Å². The second-order valence-electron chi connectivity index (χ2n) is 5.20. The van der Waals surface area contributed by atoms with E-state index >= 15 is 0 Å². The van der Waals surface area contributed by atoms with Crippen LogP contribution in [0.5, 0.6) is 0 Å². The van der Waals surface area contributed by atoms with Crippen molar-refractivity contribution in [2.45, 2.75) is 26.7 Å². The summed E-state index contributed by atoms with van der Waals surface area (Å²) in [4.78, 5) is 12.0. The fraction of sp³-hybridized carbons (Fsp3) is 0.500.